The molecule has 6 rings (SSSR count). The van der Waals surface area contributed by atoms with Gasteiger partial charge in [-0.05, 0) is 18.1 Å². The van der Waals surface area contributed by atoms with Crippen LogP contribution >= 0.6 is 7.67 Å². The van der Waals surface area contributed by atoms with Crippen molar-refractivity contribution in [2.24, 2.45) is 5.73 Å². The fraction of sp³-hybridized carbons (Fsp3) is 0.344. The molecule has 2 aliphatic heterocycles. The van der Waals surface area contributed by atoms with Crippen LogP contribution in [0.15, 0.2) is 66.9 Å². The van der Waals surface area contributed by atoms with Gasteiger partial charge in [-0.15, -0.1) is 0 Å². The molecule has 4 heterocycles. The van der Waals surface area contributed by atoms with Crippen molar-refractivity contribution in [3.05, 3.63) is 89.4 Å². The Morgan fingerprint density at radius 2 is 1.50 bits per heavy atom. The summed E-state index contributed by atoms with van der Waals surface area (Å²) in [4.78, 5) is 46.9. The minimum atomic E-state index is -4.26. The minimum Gasteiger partial charge on any atom is -0.460 e. The number of nitrogens with one attached hydrogen (secondary N) is 2. The lowest BCUT2D eigenvalue weighted by atomic mass is 10.1. The maximum atomic E-state index is 14.1. The highest BCUT2D eigenvalue weighted by Gasteiger charge is 2.48. The van der Waals surface area contributed by atoms with E-state index in [-0.39, 0.29) is 47.9 Å². The predicted molar refractivity (Wildman–Crippen MR) is 176 cm³/mol. The number of nitrogens with zero attached hydrogens (tertiary/aromatic N) is 3. The zero-order chi connectivity index (χ0) is 35.6. The molecule has 264 valence electrons. The van der Waals surface area contributed by atoms with Crippen molar-refractivity contribution in [3.63, 3.8) is 0 Å². The van der Waals surface area contributed by atoms with Crippen molar-refractivity contribution in [1.82, 2.24) is 24.7 Å². The van der Waals surface area contributed by atoms with Crippen molar-refractivity contribution in [1.29, 1.82) is 0 Å². The molecule has 18 heteroatoms. The molecule has 4 aromatic rings. The molecule has 2 aromatic carbocycles. The standard InChI is InChI=1S/C32H36N7O10P/c1-17-35-27(33)24-20(28(34)42)13-39(29(24)36-17)30-26(41)25(40)23(49-30)16-48-50(45)37-21(31(43)46-14-18-8-4-2-5-9-18)12-22(38-50)32(44)47-15-19-10-6-3-7-11-19/h2-11,13,21-23,25-26,30,40-41H,12,14-16H2,1H3,(H2,34,42)(H2,33,35,36)(H2,37,38,45)/t21-,22+,23-,25-,26-,30-,50?/m1/s1. The molecule has 0 spiro atoms. The second kappa shape index (κ2) is 14.6. The molecular formula is C32H36N7O10P. The number of hydrogen-bond acceptors (Lipinski definition) is 13. The predicted octanol–water partition coefficient (Wildman–Crippen LogP) is 0.972. The largest absolute Gasteiger partial charge is 0.460 e. The van der Waals surface area contributed by atoms with Crippen LogP contribution < -0.4 is 21.6 Å². The van der Waals surface area contributed by atoms with Crippen molar-refractivity contribution in [3.8, 4) is 0 Å². The third-order valence-electron chi connectivity index (χ3n) is 8.25. The summed E-state index contributed by atoms with van der Waals surface area (Å²) in [7, 11) is -4.26. The average molecular weight is 710 g/mol. The average Bonchev–Trinajstić information content (AvgIpc) is 3.62. The molecule has 7 atom stereocenters. The number of ether oxygens (including phenoxy) is 3. The third kappa shape index (κ3) is 7.53. The first kappa shape index (κ1) is 35.1. The number of anilines is 1. The van der Waals surface area contributed by atoms with Gasteiger partial charge in [-0.1, -0.05) is 60.7 Å². The van der Waals surface area contributed by atoms with Crippen LogP contribution in [-0.2, 0) is 46.1 Å². The number of fused-ring (bicyclic) bond motifs is 1. The molecule has 8 N–H and O–H groups in total. The van der Waals surface area contributed by atoms with Crippen molar-refractivity contribution < 1.29 is 47.9 Å². The number of aliphatic hydroxyl groups is 2. The summed E-state index contributed by atoms with van der Waals surface area (Å²) in [6.45, 7) is 0.859. The fourth-order valence-electron chi connectivity index (χ4n) is 5.76. The highest BCUT2D eigenvalue weighted by atomic mass is 31.2. The second-order valence-corrected chi connectivity index (χ2v) is 13.7. The molecule has 0 radical (unpaired) electrons. The van der Waals surface area contributed by atoms with Crippen LogP contribution in [0.2, 0.25) is 0 Å². The van der Waals surface area contributed by atoms with Gasteiger partial charge >= 0.3 is 19.6 Å². The van der Waals surface area contributed by atoms with Gasteiger partial charge in [0.05, 0.1) is 17.6 Å². The van der Waals surface area contributed by atoms with Gasteiger partial charge in [0.1, 0.15) is 60.9 Å². The smallest absolute Gasteiger partial charge is 0.342 e. The van der Waals surface area contributed by atoms with Gasteiger partial charge in [-0.2, -0.15) is 0 Å². The zero-order valence-electron chi connectivity index (χ0n) is 26.7. The lowest BCUT2D eigenvalue weighted by Gasteiger charge is -2.34. The molecule has 1 unspecified atom stereocenters. The topological polar surface area (TPSA) is 252 Å². The van der Waals surface area contributed by atoms with E-state index in [2.05, 4.69) is 20.1 Å². The second-order valence-electron chi connectivity index (χ2n) is 11.8. The van der Waals surface area contributed by atoms with Gasteiger partial charge < -0.3 is 45.0 Å². The molecule has 17 nitrogen and oxygen atoms in total. The number of carbonyl (C=O) groups is 3. The zero-order valence-corrected chi connectivity index (χ0v) is 27.6. The van der Waals surface area contributed by atoms with Crippen LogP contribution in [0.4, 0.5) is 5.82 Å². The van der Waals surface area contributed by atoms with Gasteiger partial charge in [0, 0.05) is 12.6 Å². The van der Waals surface area contributed by atoms with E-state index < -0.39 is 68.7 Å². The van der Waals surface area contributed by atoms with Crippen molar-refractivity contribution >= 4 is 42.4 Å². The Hall–Kier alpha value is -4.74. The Morgan fingerprint density at radius 1 is 0.940 bits per heavy atom. The molecule has 0 saturated carbocycles. The van der Waals surface area contributed by atoms with Gasteiger partial charge in [0.15, 0.2) is 6.23 Å². The molecule has 0 bridgehead atoms. The van der Waals surface area contributed by atoms with E-state index >= 15 is 0 Å². The Balaban J connectivity index is 1.18. The number of aliphatic hydroxyl groups excluding tert-OH is 2. The Kier molecular flexibility index (Phi) is 10.3. The number of esters is 2. The molecule has 0 aliphatic carbocycles. The van der Waals surface area contributed by atoms with E-state index in [1.807, 2.05) is 12.1 Å². The van der Waals surface area contributed by atoms with Crippen LogP contribution in [0.3, 0.4) is 0 Å². The van der Waals surface area contributed by atoms with Crippen molar-refractivity contribution in [2.45, 2.75) is 63.2 Å². The number of rotatable bonds is 11. The normalized spacial score (nSPS) is 26.5. The number of carbonyl (C=O) groups excluding carboxylic acids is 3. The molecule has 2 fully saturated rings. The van der Waals surface area contributed by atoms with E-state index in [0.717, 1.165) is 11.1 Å². The first-order chi connectivity index (χ1) is 23.9. The number of primary amides is 1. The van der Waals surface area contributed by atoms with E-state index in [1.54, 1.807) is 55.5 Å². The summed E-state index contributed by atoms with van der Waals surface area (Å²) in [6, 6.07) is 15.3. The summed E-state index contributed by atoms with van der Waals surface area (Å²) in [6.07, 6.45) is -4.64. The molecule has 1 amide bonds. The summed E-state index contributed by atoms with van der Waals surface area (Å²) >= 11 is 0. The molecule has 2 aromatic heterocycles. The molecule has 2 aliphatic rings. The first-order valence-electron chi connectivity index (χ1n) is 15.6. The van der Waals surface area contributed by atoms with Gasteiger partial charge in [0.25, 0.3) is 5.91 Å². The number of aromatic nitrogens is 3. The number of amides is 1. The summed E-state index contributed by atoms with van der Waals surface area (Å²) in [5.74, 6) is -2.15. The van der Waals surface area contributed by atoms with E-state index in [4.69, 9.17) is 30.2 Å². The Morgan fingerprint density at radius 3 is 2.04 bits per heavy atom. The van der Waals surface area contributed by atoms with Gasteiger partial charge in [-0.25, -0.2) is 20.1 Å². The quantitative estimate of drug-likeness (QED) is 0.0937. The number of benzene rings is 2. The summed E-state index contributed by atoms with van der Waals surface area (Å²) < 4.78 is 37.9. The number of hydrogen-bond donors (Lipinski definition) is 6. The van der Waals surface area contributed by atoms with E-state index in [9.17, 15) is 29.2 Å². The number of nitrogen functional groups attached to an aromatic ring is 1. The summed E-state index contributed by atoms with van der Waals surface area (Å²) in [5, 5.41) is 27.3. The van der Waals surface area contributed by atoms with Crippen LogP contribution in [0.25, 0.3) is 11.0 Å². The van der Waals surface area contributed by atoms with Gasteiger partial charge in [-0.3, -0.25) is 18.9 Å². The molecule has 50 heavy (non-hydrogen) atoms. The third-order valence-corrected chi connectivity index (χ3v) is 10.1. The maximum Gasteiger partial charge on any atom is 0.342 e. The Bertz CT molecular complexity index is 1860. The van der Waals surface area contributed by atoms with Crippen LogP contribution in [-0.4, -0.2) is 79.6 Å². The van der Waals surface area contributed by atoms with Crippen LogP contribution in [0, 0.1) is 6.92 Å². The minimum absolute atomic E-state index is 0.0192. The summed E-state index contributed by atoms with van der Waals surface area (Å²) in [5.41, 5.74) is 13.1. The fourth-order valence-corrected chi connectivity index (χ4v) is 7.59. The lowest BCUT2D eigenvalue weighted by molar-refractivity contribution is -0.150. The first-order valence-corrected chi connectivity index (χ1v) is 17.2. The van der Waals surface area contributed by atoms with Gasteiger partial charge in [0.2, 0.25) is 0 Å². The van der Waals surface area contributed by atoms with E-state index in [1.165, 1.54) is 10.8 Å². The maximum absolute atomic E-state index is 14.1. The van der Waals surface area contributed by atoms with Crippen LogP contribution in [0.1, 0.15) is 40.0 Å². The lowest BCUT2D eigenvalue weighted by Crippen LogP contribution is -2.54. The number of nitrogens with two attached hydrogens (primary N) is 2. The molecule has 2 saturated heterocycles. The highest BCUT2D eigenvalue weighted by molar-refractivity contribution is 7.54. The van der Waals surface area contributed by atoms with E-state index in [0.29, 0.717) is 0 Å². The Labute approximate surface area is 285 Å². The van der Waals surface area contributed by atoms with Crippen LogP contribution in [0.5, 0.6) is 0 Å². The molecular weight excluding hydrogens is 673 g/mol. The van der Waals surface area contributed by atoms with Crippen molar-refractivity contribution in [2.75, 3.05) is 12.3 Å². The monoisotopic (exact) mass is 709 g/mol. The number of aryl methyl sites for hydroxylation is 1. The highest BCUT2D eigenvalue weighted by Crippen LogP contribution is 2.44. The SMILES string of the molecule is Cc1nc(N)c2c(C(N)=O)cn([C@@H]3O[C@H](COP4(=O)N[C@H](C(=O)OCc5ccccc5)C[C@H](C(=O)OCc5ccccc5)N4)[C@@H](O)[C@H]3O)c2n1.